The first-order chi connectivity index (χ1) is 6.04. The fraction of sp³-hybridized carbons (Fsp3) is 0.900. The summed E-state index contributed by atoms with van der Waals surface area (Å²) in [5, 5.41) is 18.1. The van der Waals surface area contributed by atoms with Gasteiger partial charge in [0, 0.05) is 0 Å². The van der Waals surface area contributed by atoms with Crippen LogP contribution in [-0.4, -0.2) is 28.2 Å². The van der Waals surface area contributed by atoms with E-state index >= 15 is 0 Å². The van der Waals surface area contributed by atoms with Gasteiger partial charge in [0.15, 0.2) is 5.78 Å². The molecule has 78 valence electrons. The summed E-state index contributed by atoms with van der Waals surface area (Å²) in [7, 11) is 0. The summed E-state index contributed by atoms with van der Waals surface area (Å²) >= 11 is 0. The normalized spacial score (nSPS) is 15.4. The Morgan fingerprint density at radius 1 is 1.31 bits per heavy atom. The van der Waals surface area contributed by atoms with E-state index in [2.05, 4.69) is 6.92 Å². The predicted octanol–water partition coefficient (Wildman–Crippen LogP) is 1.27. The summed E-state index contributed by atoms with van der Waals surface area (Å²) in [6.07, 6.45) is 4.59. The average Bonchev–Trinajstić information content (AvgIpc) is 2.11. The molecule has 0 radical (unpaired) electrons. The fourth-order valence-corrected chi connectivity index (χ4v) is 1.21. The summed E-state index contributed by atoms with van der Waals surface area (Å²) in [6.45, 7) is 3.01. The minimum Gasteiger partial charge on any atom is -0.388 e. The van der Waals surface area contributed by atoms with E-state index in [1.54, 1.807) is 0 Å². The van der Waals surface area contributed by atoms with Gasteiger partial charge in [-0.1, -0.05) is 32.6 Å². The van der Waals surface area contributed by atoms with Gasteiger partial charge in [-0.2, -0.15) is 0 Å². The Kier molecular flexibility index (Phi) is 5.91. The van der Waals surface area contributed by atoms with E-state index in [0.717, 1.165) is 25.7 Å². The zero-order valence-corrected chi connectivity index (χ0v) is 8.55. The van der Waals surface area contributed by atoms with E-state index in [1.807, 2.05) is 0 Å². The second-order valence-electron chi connectivity index (χ2n) is 3.67. The van der Waals surface area contributed by atoms with Crippen molar-refractivity contribution in [2.45, 2.75) is 51.6 Å². The van der Waals surface area contributed by atoms with Gasteiger partial charge in [-0.05, 0) is 13.3 Å². The molecule has 0 heterocycles. The maximum absolute atomic E-state index is 11.0. The number of ketones is 1. The largest absolute Gasteiger partial charge is 0.388 e. The van der Waals surface area contributed by atoms with E-state index in [9.17, 15) is 9.90 Å². The van der Waals surface area contributed by atoms with Crippen LogP contribution >= 0.6 is 0 Å². The minimum atomic E-state index is -1.33. The number of aliphatic hydroxyl groups is 2. The van der Waals surface area contributed by atoms with Crippen LogP contribution < -0.4 is 0 Å². The van der Waals surface area contributed by atoms with Gasteiger partial charge in [-0.3, -0.25) is 4.79 Å². The second kappa shape index (κ2) is 6.11. The lowest BCUT2D eigenvalue weighted by molar-refractivity contribution is -0.139. The molecule has 0 saturated carbocycles. The number of carbonyl (C=O) groups is 1. The smallest absolute Gasteiger partial charge is 0.189 e. The molecule has 0 aliphatic heterocycles. The van der Waals surface area contributed by atoms with Crippen molar-refractivity contribution in [1.82, 2.24) is 0 Å². The van der Waals surface area contributed by atoms with Gasteiger partial charge in [-0.25, -0.2) is 0 Å². The lowest BCUT2D eigenvalue weighted by atomic mass is 9.94. The standard InChI is InChI=1S/C10H20O3/c1-3-4-5-6-7-10(2,13)9(12)8-11/h11,13H,3-8H2,1-2H3. The van der Waals surface area contributed by atoms with Crippen LogP contribution in [0.1, 0.15) is 46.0 Å². The van der Waals surface area contributed by atoms with Gasteiger partial charge in [0.25, 0.3) is 0 Å². The van der Waals surface area contributed by atoms with E-state index in [-0.39, 0.29) is 0 Å². The zero-order valence-electron chi connectivity index (χ0n) is 8.55. The topological polar surface area (TPSA) is 57.5 Å². The first-order valence-electron chi connectivity index (χ1n) is 4.91. The fourth-order valence-electron chi connectivity index (χ4n) is 1.21. The van der Waals surface area contributed by atoms with Crippen LogP contribution in [0.2, 0.25) is 0 Å². The number of Topliss-reactive ketones (excluding diaryl/α,β-unsaturated/α-hetero) is 1. The molecule has 0 rings (SSSR count). The highest BCUT2D eigenvalue weighted by molar-refractivity contribution is 5.87. The molecule has 0 bridgehead atoms. The predicted molar refractivity (Wildman–Crippen MR) is 51.5 cm³/mol. The summed E-state index contributed by atoms with van der Waals surface area (Å²) in [5.74, 6) is -0.482. The maximum atomic E-state index is 11.0. The van der Waals surface area contributed by atoms with Crippen molar-refractivity contribution in [3.05, 3.63) is 0 Å². The molecule has 13 heavy (non-hydrogen) atoms. The average molecular weight is 188 g/mol. The monoisotopic (exact) mass is 188 g/mol. The Balaban J connectivity index is 3.69. The molecule has 0 fully saturated rings. The van der Waals surface area contributed by atoms with Crippen LogP contribution in [0.15, 0.2) is 0 Å². The quantitative estimate of drug-likeness (QED) is 0.591. The molecule has 0 saturated heterocycles. The van der Waals surface area contributed by atoms with Crippen molar-refractivity contribution < 1.29 is 15.0 Å². The maximum Gasteiger partial charge on any atom is 0.189 e. The van der Waals surface area contributed by atoms with Gasteiger partial charge in [0.2, 0.25) is 0 Å². The Hall–Kier alpha value is -0.410. The van der Waals surface area contributed by atoms with Gasteiger partial charge in [-0.15, -0.1) is 0 Å². The van der Waals surface area contributed by atoms with Gasteiger partial charge >= 0.3 is 0 Å². The second-order valence-corrected chi connectivity index (χ2v) is 3.67. The molecular weight excluding hydrogens is 168 g/mol. The van der Waals surface area contributed by atoms with Gasteiger partial charge in [0.05, 0.1) is 0 Å². The molecule has 3 nitrogen and oxygen atoms in total. The Morgan fingerprint density at radius 3 is 2.38 bits per heavy atom. The summed E-state index contributed by atoms with van der Waals surface area (Å²) in [6, 6.07) is 0. The number of aliphatic hydroxyl groups excluding tert-OH is 1. The molecular formula is C10H20O3. The zero-order chi connectivity index (χ0) is 10.3. The van der Waals surface area contributed by atoms with Crippen molar-refractivity contribution >= 4 is 5.78 Å². The third-order valence-electron chi connectivity index (χ3n) is 2.26. The Bertz CT molecular complexity index is 152. The highest BCUT2D eigenvalue weighted by atomic mass is 16.3. The van der Waals surface area contributed by atoms with Crippen LogP contribution in [-0.2, 0) is 4.79 Å². The number of unbranched alkanes of at least 4 members (excludes halogenated alkanes) is 3. The van der Waals surface area contributed by atoms with Crippen molar-refractivity contribution in [3.63, 3.8) is 0 Å². The SMILES string of the molecule is CCCCCCC(C)(O)C(=O)CO. The van der Waals surface area contributed by atoms with Crippen molar-refractivity contribution in [1.29, 1.82) is 0 Å². The van der Waals surface area contributed by atoms with Gasteiger partial charge in [0.1, 0.15) is 12.2 Å². The molecule has 0 amide bonds. The first-order valence-corrected chi connectivity index (χ1v) is 4.91. The van der Waals surface area contributed by atoms with Crippen LogP contribution in [0.5, 0.6) is 0 Å². The molecule has 0 aromatic rings. The molecule has 3 heteroatoms. The molecule has 0 aromatic heterocycles. The molecule has 0 aromatic carbocycles. The minimum absolute atomic E-state index is 0.451. The third kappa shape index (κ3) is 5.01. The molecule has 2 N–H and O–H groups in total. The van der Waals surface area contributed by atoms with E-state index in [0.29, 0.717) is 6.42 Å². The molecule has 1 atom stereocenters. The van der Waals surface area contributed by atoms with E-state index in [1.165, 1.54) is 6.92 Å². The number of rotatable bonds is 7. The number of hydrogen-bond acceptors (Lipinski definition) is 3. The highest BCUT2D eigenvalue weighted by Crippen LogP contribution is 2.15. The summed E-state index contributed by atoms with van der Waals surface area (Å²) in [4.78, 5) is 11.0. The van der Waals surface area contributed by atoms with Gasteiger partial charge < -0.3 is 10.2 Å². The first kappa shape index (κ1) is 12.6. The summed E-state index contributed by atoms with van der Waals surface area (Å²) in [5.41, 5.74) is -1.33. The lowest BCUT2D eigenvalue weighted by Crippen LogP contribution is -2.37. The molecule has 0 spiro atoms. The van der Waals surface area contributed by atoms with E-state index in [4.69, 9.17) is 5.11 Å². The summed E-state index contributed by atoms with van der Waals surface area (Å²) < 4.78 is 0. The number of carbonyl (C=O) groups excluding carboxylic acids is 1. The molecule has 0 aliphatic rings. The van der Waals surface area contributed by atoms with Crippen molar-refractivity contribution in [2.75, 3.05) is 6.61 Å². The lowest BCUT2D eigenvalue weighted by Gasteiger charge is -2.20. The highest BCUT2D eigenvalue weighted by Gasteiger charge is 2.27. The number of hydrogen-bond donors (Lipinski definition) is 2. The van der Waals surface area contributed by atoms with Crippen molar-refractivity contribution in [2.24, 2.45) is 0 Å². The van der Waals surface area contributed by atoms with E-state index < -0.39 is 18.0 Å². The van der Waals surface area contributed by atoms with Crippen LogP contribution in [0.3, 0.4) is 0 Å². The Morgan fingerprint density at radius 2 is 1.92 bits per heavy atom. The molecule has 1 unspecified atom stereocenters. The van der Waals surface area contributed by atoms with Crippen LogP contribution in [0.4, 0.5) is 0 Å². The van der Waals surface area contributed by atoms with Crippen molar-refractivity contribution in [3.8, 4) is 0 Å². The van der Waals surface area contributed by atoms with Crippen LogP contribution in [0.25, 0.3) is 0 Å². The Labute approximate surface area is 79.8 Å². The molecule has 0 aliphatic carbocycles. The third-order valence-corrected chi connectivity index (χ3v) is 2.26. The van der Waals surface area contributed by atoms with Crippen LogP contribution in [0, 0.1) is 0 Å².